The summed E-state index contributed by atoms with van der Waals surface area (Å²) in [5, 5.41) is 5.43. The highest BCUT2D eigenvalue weighted by molar-refractivity contribution is 7.90. The van der Waals surface area contributed by atoms with Gasteiger partial charge in [0.1, 0.15) is 40.8 Å². The van der Waals surface area contributed by atoms with Crippen LogP contribution in [0, 0.1) is 11.8 Å². The zero-order valence-electron chi connectivity index (χ0n) is 33.4. The number of likely N-dealkylation sites (tertiary alicyclic amines) is 1. The normalized spacial score (nSPS) is 22.8. The molecule has 0 spiro atoms. The Morgan fingerprint density at radius 1 is 1.04 bits per heavy atom. The van der Waals surface area contributed by atoms with Crippen LogP contribution < -0.4 is 24.8 Å². The van der Waals surface area contributed by atoms with Crippen molar-refractivity contribution < 1.29 is 41.8 Å². The van der Waals surface area contributed by atoms with Crippen LogP contribution >= 0.6 is 0 Å². The minimum atomic E-state index is -4.02. The van der Waals surface area contributed by atoms with Gasteiger partial charge in [-0.3, -0.25) is 19.1 Å². The Kier molecular flexibility index (Phi) is 11.9. The summed E-state index contributed by atoms with van der Waals surface area (Å²) in [4.78, 5) is 62.3. The summed E-state index contributed by atoms with van der Waals surface area (Å²) in [6.07, 6.45) is 3.34. The van der Waals surface area contributed by atoms with E-state index in [0.29, 0.717) is 40.9 Å². The summed E-state index contributed by atoms with van der Waals surface area (Å²) in [5.74, 6) is -1.68. The Hall–Kier alpha value is -5.18. The van der Waals surface area contributed by atoms with Gasteiger partial charge < -0.3 is 29.7 Å². The van der Waals surface area contributed by atoms with E-state index in [4.69, 9.17) is 19.2 Å². The van der Waals surface area contributed by atoms with E-state index in [2.05, 4.69) is 21.9 Å². The van der Waals surface area contributed by atoms with Gasteiger partial charge in [0.2, 0.25) is 21.8 Å². The van der Waals surface area contributed by atoms with Gasteiger partial charge in [-0.25, -0.2) is 18.2 Å². The van der Waals surface area contributed by atoms with Crippen LogP contribution in [-0.4, -0.2) is 90.3 Å². The summed E-state index contributed by atoms with van der Waals surface area (Å²) in [5.41, 5.74) is -0.295. The fraction of sp³-hybridized carbons (Fsp3) is 0.500. The second-order valence-corrected chi connectivity index (χ2v) is 18.7. The van der Waals surface area contributed by atoms with Crippen LogP contribution in [0.3, 0.4) is 0 Å². The molecule has 15 heteroatoms. The number of pyridine rings is 1. The van der Waals surface area contributed by atoms with Crippen LogP contribution in [0.2, 0.25) is 0 Å². The number of alkyl carbamates (subject to hydrolysis) is 1. The molecule has 306 valence electrons. The minimum Gasteiger partial charge on any atom is -0.497 e. The molecule has 3 N–H and O–H groups in total. The predicted molar refractivity (Wildman–Crippen MR) is 215 cm³/mol. The van der Waals surface area contributed by atoms with Gasteiger partial charge >= 0.3 is 6.09 Å². The summed E-state index contributed by atoms with van der Waals surface area (Å²) < 4.78 is 45.4. The topological polar surface area (TPSA) is 182 Å². The molecular formula is C42H53N5O9S. The number of amides is 4. The summed E-state index contributed by atoms with van der Waals surface area (Å²) >= 11 is 0. The first kappa shape index (κ1) is 41.5. The number of methoxy groups -OCH3 is 1. The molecule has 57 heavy (non-hydrogen) atoms. The molecule has 4 amide bonds. The van der Waals surface area contributed by atoms with Crippen molar-refractivity contribution in [2.75, 3.05) is 13.7 Å². The molecule has 2 saturated carbocycles. The maximum atomic E-state index is 14.8. The van der Waals surface area contributed by atoms with E-state index in [1.54, 1.807) is 40.0 Å². The molecule has 3 aromatic rings. The van der Waals surface area contributed by atoms with Crippen molar-refractivity contribution in [1.82, 2.24) is 25.2 Å². The minimum absolute atomic E-state index is 0.0252. The Bertz CT molecular complexity index is 2130. The van der Waals surface area contributed by atoms with Crippen molar-refractivity contribution in [1.29, 1.82) is 0 Å². The molecule has 14 nitrogen and oxygen atoms in total. The molecule has 3 aliphatic rings. The number of carbonyl (C=O) groups excluding carboxylic acids is 4. The SMILES string of the molecule is C=C[C@@H]1C[C@]1(NC(=O)[C@@H]1C[C@@H](Oc2cc(-c3ccccc3)nc3cc(OC)ccc23)CN1C(=O)[C@@H](NC(=O)OC(C)(C)C)C1CCCC1)C(=O)NS(=O)(=O)C(C)C. The first-order chi connectivity index (χ1) is 26.9. The van der Waals surface area contributed by atoms with Crippen LogP contribution in [-0.2, 0) is 29.1 Å². The highest BCUT2D eigenvalue weighted by Gasteiger charge is 2.61. The van der Waals surface area contributed by atoms with Crippen LogP contribution in [0.4, 0.5) is 4.79 Å². The van der Waals surface area contributed by atoms with Crippen molar-refractivity contribution >= 4 is 44.7 Å². The number of hydrogen-bond donors (Lipinski definition) is 3. The molecule has 6 rings (SSSR count). The molecule has 1 aromatic heterocycles. The third-order valence-electron chi connectivity index (χ3n) is 10.9. The van der Waals surface area contributed by atoms with E-state index >= 15 is 0 Å². The van der Waals surface area contributed by atoms with Gasteiger partial charge in [0, 0.05) is 35.4 Å². The second-order valence-electron chi connectivity index (χ2n) is 16.4. The third-order valence-corrected chi connectivity index (χ3v) is 12.6. The first-order valence-corrected chi connectivity index (χ1v) is 21.0. The van der Waals surface area contributed by atoms with Crippen molar-refractivity contribution in [3.05, 3.63) is 67.3 Å². The van der Waals surface area contributed by atoms with Crippen molar-refractivity contribution in [2.24, 2.45) is 11.8 Å². The van der Waals surface area contributed by atoms with Gasteiger partial charge in [0.15, 0.2) is 0 Å². The molecule has 5 atom stereocenters. The summed E-state index contributed by atoms with van der Waals surface area (Å²) in [6.45, 7) is 11.9. The van der Waals surface area contributed by atoms with Gasteiger partial charge in [0.05, 0.1) is 30.1 Å². The number of nitrogens with zero attached hydrogens (tertiary/aromatic N) is 2. The zero-order chi connectivity index (χ0) is 41.3. The number of fused-ring (bicyclic) bond motifs is 1. The highest BCUT2D eigenvalue weighted by Crippen LogP contribution is 2.45. The van der Waals surface area contributed by atoms with E-state index in [1.807, 2.05) is 42.5 Å². The molecule has 1 aliphatic heterocycles. The van der Waals surface area contributed by atoms with E-state index < -0.39 is 74.3 Å². The lowest BCUT2D eigenvalue weighted by atomic mass is 9.96. The molecule has 2 heterocycles. The van der Waals surface area contributed by atoms with Gasteiger partial charge in [0.25, 0.3) is 5.91 Å². The molecule has 3 fully saturated rings. The maximum absolute atomic E-state index is 14.8. The number of carbonyl (C=O) groups is 4. The van der Waals surface area contributed by atoms with E-state index in [9.17, 15) is 27.6 Å². The summed E-state index contributed by atoms with van der Waals surface area (Å²) in [6, 6.07) is 14.7. The number of aromatic nitrogens is 1. The Morgan fingerprint density at radius 3 is 2.35 bits per heavy atom. The van der Waals surface area contributed by atoms with Gasteiger partial charge in [-0.2, -0.15) is 0 Å². The van der Waals surface area contributed by atoms with Crippen molar-refractivity contribution in [3.8, 4) is 22.8 Å². The van der Waals surface area contributed by atoms with Crippen LogP contribution in [0.1, 0.15) is 73.1 Å². The van der Waals surface area contributed by atoms with Crippen molar-refractivity contribution in [3.63, 3.8) is 0 Å². The Morgan fingerprint density at radius 2 is 1.74 bits per heavy atom. The van der Waals surface area contributed by atoms with E-state index in [-0.39, 0.29) is 25.3 Å². The monoisotopic (exact) mass is 803 g/mol. The number of sulfonamides is 1. The fourth-order valence-corrected chi connectivity index (χ4v) is 8.35. The quantitative estimate of drug-likeness (QED) is 0.193. The van der Waals surface area contributed by atoms with Gasteiger partial charge in [-0.05, 0) is 71.9 Å². The molecule has 0 radical (unpaired) electrons. The second kappa shape index (κ2) is 16.4. The average molecular weight is 804 g/mol. The third kappa shape index (κ3) is 9.19. The zero-order valence-corrected chi connectivity index (χ0v) is 34.2. The first-order valence-electron chi connectivity index (χ1n) is 19.5. The Balaban J connectivity index is 1.35. The molecule has 0 unspecified atom stereocenters. The molecule has 2 aromatic carbocycles. The number of nitrogens with one attached hydrogen (secondary N) is 3. The smallest absolute Gasteiger partial charge is 0.408 e. The number of rotatable bonds is 13. The number of hydrogen-bond acceptors (Lipinski definition) is 10. The number of benzene rings is 2. The van der Waals surface area contributed by atoms with Crippen LogP contribution in [0.5, 0.6) is 11.5 Å². The standard InChI is InChI=1S/C42H53N5O9S/c1-8-28-23-42(28,39(50)46-57(52,53)25(2)3)45-37(48)34-21-30(24-47(34)38(49)36(27-16-12-13-17-27)44-40(51)56-41(4,5)6)55-35-22-32(26-14-10-9-11-15-26)43-33-20-29(54-7)18-19-31(33)35/h8-11,14-15,18-20,22,25,27-28,30,34,36H,1,12-13,16-17,21,23-24H2,2-7H3,(H,44,51)(H,45,48)(H,46,50)/t28-,30-,34+,36+,42-/m1/s1. The lowest BCUT2D eigenvalue weighted by Gasteiger charge is -2.32. The van der Waals surface area contributed by atoms with E-state index in [1.165, 1.54) is 24.8 Å². The van der Waals surface area contributed by atoms with Crippen molar-refractivity contribution in [2.45, 2.75) is 108 Å². The van der Waals surface area contributed by atoms with Gasteiger partial charge in [-0.1, -0.05) is 49.2 Å². The molecule has 2 aliphatic carbocycles. The average Bonchev–Trinajstić information content (AvgIpc) is 3.44. The van der Waals surface area contributed by atoms with Gasteiger partial charge in [-0.15, -0.1) is 6.58 Å². The molecule has 0 bridgehead atoms. The van der Waals surface area contributed by atoms with Crippen LogP contribution in [0.15, 0.2) is 67.3 Å². The lowest BCUT2D eigenvalue weighted by molar-refractivity contribution is -0.142. The lowest BCUT2D eigenvalue weighted by Crippen LogP contribution is -2.59. The highest BCUT2D eigenvalue weighted by atomic mass is 32.2. The van der Waals surface area contributed by atoms with Crippen LogP contribution in [0.25, 0.3) is 22.2 Å². The van der Waals surface area contributed by atoms with E-state index in [0.717, 1.165) is 18.4 Å². The maximum Gasteiger partial charge on any atom is 0.408 e. The Labute approximate surface area is 334 Å². The molecular weight excluding hydrogens is 751 g/mol. The summed E-state index contributed by atoms with van der Waals surface area (Å²) in [7, 11) is -2.45. The largest absolute Gasteiger partial charge is 0.497 e. The number of ether oxygens (including phenoxy) is 3. The fourth-order valence-electron chi connectivity index (χ4n) is 7.67. The molecule has 1 saturated heterocycles. The predicted octanol–water partition coefficient (Wildman–Crippen LogP) is 5.26.